The minimum atomic E-state index is 0.744. The van der Waals surface area contributed by atoms with Crippen molar-refractivity contribution in [1.82, 2.24) is 4.57 Å². The predicted octanol–water partition coefficient (Wildman–Crippen LogP) is 2.53. The molecular weight excluding hydrogens is 154 g/mol. The molecular formula is C9H9NS. The molecule has 0 unspecified atom stereocenters. The molecule has 0 saturated carbocycles. The van der Waals surface area contributed by atoms with Gasteiger partial charge in [-0.2, -0.15) is 12.6 Å². The highest BCUT2D eigenvalue weighted by molar-refractivity contribution is 7.79. The molecule has 2 rings (SSSR count). The topological polar surface area (TPSA) is 4.93 Å². The zero-order chi connectivity index (χ0) is 7.68. The molecule has 11 heavy (non-hydrogen) atoms. The van der Waals surface area contributed by atoms with Crippen LogP contribution in [0, 0.1) is 0 Å². The fraction of sp³-hybridized carbons (Fsp3) is 0.111. The Kier molecular flexibility index (Phi) is 1.62. The van der Waals surface area contributed by atoms with Crippen molar-refractivity contribution in [3.63, 3.8) is 0 Å². The number of thiol groups is 1. The van der Waals surface area contributed by atoms with E-state index in [2.05, 4.69) is 41.6 Å². The molecule has 0 aliphatic heterocycles. The average Bonchev–Trinajstić information content (AvgIpc) is 2.47. The van der Waals surface area contributed by atoms with Crippen LogP contribution in [0.5, 0.6) is 0 Å². The second kappa shape index (κ2) is 2.62. The van der Waals surface area contributed by atoms with Crippen LogP contribution in [0.25, 0.3) is 10.9 Å². The number of hydrogen-bond acceptors (Lipinski definition) is 1. The van der Waals surface area contributed by atoms with Crippen LogP contribution in [0.1, 0.15) is 0 Å². The highest BCUT2D eigenvalue weighted by Crippen LogP contribution is 2.14. The summed E-state index contributed by atoms with van der Waals surface area (Å²) in [6, 6.07) is 10.4. The zero-order valence-electron chi connectivity index (χ0n) is 6.07. The van der Waals surface area contributed by atoms with E-state index in [9.17, 15) is 0 Å². The van der Waals surface area contributed by atoms with Gasteiger partial charge in [-0.25, -0.2) is 0 Å². The van der Waals surface area contributed by atoms with Gasteiger partial charge in [-0.15, -0.1) is 0 Å². The van der Waals surface area contributed by atoms with Crippen molar-refractivity contribution in [1.29, 1.82) is 0 Å². The van der Waals surface area contributed by atoms with Gasteiger partial charge < -0.3 is 4.57 Å². The molecule has 1 nitrogen and oxygen atoms in total. The lowest BCUT2D eigenvalue weighted by Gasteiger charge is -1.97. The Hall–Kier alpha value is -0.890. The summed E-state index contributed by atoms with van der Waals surface area (Å²) in [5.74, 6) is 0.744. The third-order valence-corrected chi connectivity index (χ3v) is 2.14. The average molecular weight is 163 g/mol. The minimum Gasteiger partial charge on any atom is -0.338 e. The first kappa shape index (κ1) is 6.80. The van der Waals surface area contributed by atoms with Crippen LogP contribution in [0.4, 0.5) is 0 Å². The number of para-hydroxylation sites is 1. The summed E-state index contributed by atoms with van der Waals surface area (Å²) in [6.07, 6.45) is 2.05. The minimum absolute atomic E-state index is 0.744. The van der Waals surface area contributed by atoms with E-state index in [-0.39, 0.29) is 0 Å². The predicted molar refractivity (Wildman–Crippen MR) is 50.9 cm³/mol. The second-order valence-corrected chi connectivity index (χ2v) is 2.77. The molecule has 0 spiro atoms. The molecule has 1 aromatic heterocycles. The molecule has 0 bridgehead atoms. The fourth-order valence-electron chi connectivity index (χ4n) is 1.26. The first-order valence-corrected chi connectivity index (χ1v) is 4.20. The van der Waals surface area contributed by atoms with Crippen LogP contribution < -0.4 is 0 Å². The lowest BCUT2D eigenvalue weighted by atomic mass is 10.2. The van der Waals surface area contributed by atoms with E-state index in [1.165, 1.54) is 10.9 Å². The second-order valence-electron chi connectivity index (χ2n) is 2.49. The molecule has 56 valence electrons. The third-order valence-electron chi connectivity index (χ3n) is 1.83. The van der Waals surface area contributed by atoms with Crippen molar-refractivity contribution < 1.29 is 0 Å². The van der Waals surface area contributed by atoms with Gasteiger partial charge in [0.05, 0.1) is 5.88 Å². The number of benzene rings is 1. The Morgan fingerprint density at radius 3 is 2.82 bits per heavy atom. The Morgan fingerprint density at radius 2 is 2.00 bits per heavy atom. The smallest absolute Gasteiger partial charge is 0.0653 e. The van der Waals surface area contributed by atoms with Gasteiger partial charge >= 0.3 is 0 Å². The molecule has 2 heteroatoms. The zero-order valence-corrected chi connectivity index (χ0v) is 6.96. The first-order valence-electron chi connectivity index (χ1n) is 3.56. The number of aromatic nitrogens is 1. The molecule has 0 aliphatic rings. The summed E-state index contributed by atoms with van der Waals surface area (Å²) < 4.78 is 2.11. The number of nitrogens with zero attached hydrogens (tertiary/aromatic N) is 1. The molecule has 0 radical (unpaired) electrons. The van der Waals surface area contributed by atoms with Crippen LogP contribution in [0.15, 0.2) is 36.5 Å². The van der Waals surface area contributed by atoms with Crippen LogP contribution in [-0.2, 0) is 5.88 Å². The Labute approximate surface area is 71.1 Å². The highest BCUT2D eigenvalue weighted by atomic mass is 32.1. The molecule has 0 saturated heterocycles. The van der Waals surface area contributed by atoms with Crippen LogP contribution in [-0.4, -0.2) is 4.57 Å². The Bertz CT molecular complexity index is 364. The molecule has 1 heterocycles. The van der Waals surface area contributed by atoms with E-state index in [1.807, 2.05) is 12.1 Å². The Balaban J connectivity index is 2.76. The van der Waals surface area contributed by atoms with Gasteiger partial charge in [-0.05, 0) is 17.5 Å². The van der Waals surface area contributed by atoms with Crippen LogP contribution in [0.2, 0.25) is 0 Å². The number of rotatable bonds is 1. The highest BCUT2D eigenvalue weighted by Gasteiger charge is 1.95. The molecule has 0 fully saturated rings. The normalized spacial score (nSPS) is 10.6. The van der Waals surface area contributed by atoms with Crippen LogP contribution in [0.3, 0.4) is 0 Å². The summed E-state index contributed by atoms with van der Waals surface area (Å²) >= 11 is 4.22. The molecule has 0 aliphatic carbocycles. The van der Waals surface area contributed by atoms with Crippen molar-refractivity contribution in [3.8, 4) is 0 Å². The summed E-state index contributed by atoms with van der Waals surface area (Å²) in [7, 11) is 0. The van der Waals surface area contributed by atoms with Crippen molar-refractivity contribution >= 4 is 23.5 Å². The standard InChI is InChI=1S/C9H9NS/c11-7-10-6-5-8-3-1-2-4-9(8)10/h1-6,11H,7H2. The lowest BCUT2D eigenvalue weighted by Crippen LogP contribution is -1.87. The van der Waals surface area contributed by atoms with Crippen molar-refractivity contribution in [2.24, 2.45) is 0 Å². The SMILES string of the molecule is SCn1ccc2ccccc21. The maximum atomic E-state index is 4.22. The van der Waals surface area contributed by atoms with Crippen molar-refractivity contribution in [3.05, 3.63) is 36.5 Å². The van der Waals surface area contributed by atoms with E-state index in [4.69, 9.17) is 0 Å². The number of hydrogen-bond donors (Lipinski definition) is 1. The molecule has 0 N–H and O–H groups in total. The van der Waals surface area contributed by atoms with E-state index < -0.39 is 0 Å². The van der Waals surface area contributed by atoms with Gasteiger partial charge in [0.1, 0.15) is 0 Å². The van der Waals surface area contributed by atoms with E-state index in [1.54, 1.807) is 0 Å². The van der Waals surface area contributed by atoms with Gasteiger partial charge in [0, 0.05) is 11.7 Å². The summed E-state index contributed by atoms with van der Waals surface area (Å²) in [4.78, 5) is 0. The van der Waals surface area contributed by atoms with Crippen molar-refractivity contribution in [2.75, 3.05) is 0 Å². The van der Waals surface area contributed by atoms with E-state index in [0.29, 0.717) is 0 Å². The van der Waals surface area contributed by atoms with E-state index in [0.717, 1.165) is 5.88 Å². The number of fused-ring (bicyclic) bond motifs is 1. The summed E-state index contributed by atoms with van der Waals surface area (Å²) in [5, 5.41) is 1.28. The molecule has 0 atom stereocenters. The quantitative estimate of drug-likeness (QED) is 0.616. The Morgan fingerprint density at radius 1 is 1.18 bits per heavy atom. The maximum absolute atomic E-state index is 4.22. The largest absolute Gasteiger partial charge is 0.338 e. The van der Waals surface area contributed by atoms with E-state index >= 15 is 0 Å². The van der Waals surface area contributed by atoms with Gasteiger partial charge in [0.2, 0.25) is 0 Å². The maximum Gasteiger partial charge on any atom is 0.0653 e. The van der Waals surface area contributed by atoms with Gasteiger partial charge in [-0.1, -0.05) is 18.2 Å². The van der Waals surface area contributed by atoms with Crippen molar-refractivity contribution in [2.45, 2.75) is 5.88 Å². The first-order chi connectivity index (χ1) is 5.42. The monoisotopic (exact) mass is 163 g/mol. The van der Waals surface area contributed by atoms with Gasteiger partial charge in [0.25, 0.3) is 0 Å². The molecule has 0 amide bonds. The third kappa shape index (κ3) is 1.03. The van der Waals surface area contributed by atoms with Crippen LogP contribution >= 0.6 is 12.6 Å². The van der Waals surface area contributed by atoms with Gasteiger partial charge in [0.15, 0.2) is 0 Å². The fourth-order valence-corrected chi connectivity index (χ4v) is 1.51. The lowest BCUT2D eigenvalue weighted by molar-refractivity contribution is 0.948. The molecule has 1 aromatic carbocycles. The summed E-state index contributed by atoms with van der Waals surface area (Å²) in [5.41, 5.74) is 1.25. The molecule has 2 aromatic rings. The summed E-state index contributed by atoms with van der Waals surface area (Å²) in [6.45, 7) is 0. The van der Waals surface area contributed by atoms with Gasteiger partial charge in [-0.3, -0.25) is 0 Å².